The van der Waals surface area contributed by atoms with E-state index in [4.69, 9.17) is 5.73 Å². The van der Waals surface area contributed by atoms with E-state index in [1.807, 2.05) is 0 Å². The Balaban J connectivity index is 2.12. The number of rotatable bonds is 3. The van der Waals surface area contributed by atoms with Gasteiger partial charge in [-0.2, -0.15) is 0 Å². The first-order valence-corrected chi connectivity index (χ1v) is 7.99. The van der Waals surface area contributed by atoms with Crippen LogP contribution in [0.5, 0.6) is 0 Å². The van der Waals surface area contributed by atoms with Crippen LogP contribution < -0.4 is 5.73 Å². The van der Waals surface area contributed by atoms with E-state index in [9.17, 15) is 0 Å². The number of nitrogens with two attached hydrogens (primary N) is 1. The normalized spacial score (nSPS) is 25.4. The van der Waals surface area contributed by atoms with Crippen molar-refractivity contribution in [2.75, 3.05) is 6.54 Å². The van der Waals surface area contributed by atoms with E-state index in [2.05, 4.69) is 56.0 Å². The summed E-state index contributed by atoms with van der Waals surface area (Å²) >= 11 is 0. The first-order valence-electron chi connectivity index (χ1n) is 7.99. The summed E-state index contributed by atoms with van der Waals surface area (Å²) in [5.74, 6) is 0. The highest BCUT2D eigenvalue weighted by Crippen LogP contribution is 2.29. The van der Waals surface area contributed by atoms with Crippen LogP contribution in [-0.4, -0.2) is 23.5 Å². The van der Waals surface area contributed by atoms with Crippen molar-refractivity contribution in [3.63, 3.8) is 0 Å². The average Bonchev–Trinajstić information content (AvgIpc) is 2.54. The van der Waals surface area contributed by atoms with E-state index >= 15 is 0 Å². The summed E-state index contributed by atoms with van der Waals surface area (Å²) in [5, 5.41) is 0. The Bertz CT molecular complexity index is 394. The second-order valence-electron chi connectivity index (χ2n) is 7.45. The molecule has 1 heterocycles. The van der Waals surface area contributed by atoms with Crippen LogP contribution in [0.3, 0.4) is 0 Å². The standard InChI is InChI=1S/C18H30N2/c1-18(2,3)13-17-16(19)11-7-8-12-20(17)14-15-9-5-4-6-10-15/h4-6,9-10,16-17H,7-8,11-14,19H2,1-3H3. The largest absolute Gasteiger partial charge is 0.326 e. The zero-order valence-corrected chi connectivity index (χ0v) is 13.3. The second kappa shape index (κ2) is 6.73. The lowest BCUT2D eigenvalue weighted by Crippen LogP contribution is -2.48. The Kier molecular flexibility index (Phi) is 5.22. The molecule has 112 valence electrons. The van der Waals surface area contributed by atoms with Crippen molar-refractivity contribution in [3.8, 4) is 0 Å². The number of likely N-dealkylation sites (tertiary alicyclic amines) is 1. The molecule has 1 aromatic carbocycles. The third kappa shape index (κ3) is 4.60. The van der Waals surface area contributed by atoms with Crippen molar-refractivity contribution in [2.45, 2.75) is 65.1 Å². The maximum absolute atomic E-state index is 6.49. The van der Waals surface area contributed by atoms with Gasteiger partial charge in [-0.25, -0.2) is 0 Å². The van der Waals surface area contributed by atoms with E-state index in [1.165, 1.54) is 37.8 Å². The third-order valence-electron chi connectivity index (χ3n) is 4.25. The van der Waals surface area contributed by atoms with Crippen molar-refractivity contribution in [1.29, 1.82) is 0 Å². The summed E-state index contributed by atoms with van der Waals surface area (Å²) in [4.78, 5) is 2.62. The summed E-state index contributed by atoms with van der Waals surface area (Å²) in [7, 11) is 0. The molecule has 0 bridgehead atoms. The summed E-state index contributed by atoms with van der Waals surface area (Å²) in [6, 6.07) is 11.6. The minimum absolute atomic E-state index is 0.320. The van der Waals surface area contributed by atoms with Gasteiger partial charge in [0, 0.05) is 18.6 Å². The number of hydrogen-bond donors (Lipinski definition) is 1. The molecule has 0 amide bonds. The second-order valence-corrected chi connectivity index (χ2v) is 7.45. The topological polar surface area (TPSA) is 29.3 Å². The minimum atomic E-state index is 0.320. The molecule has 2 heteroatoms. The van der Waals surface area contributed by atoms with Crippen LogP contribution in [0.25, 0.3) is 0 Å². The molecule has 2 atom stereocenters. The summed E-state index contributed by atoms with van der Waals surface area (Å²) in [6.07, 6.45) is 4.90. The molecule has 0 aliphatic carbocycles. The van der Waals surface area contributed by atoms with Crippen molar-refractivity contribution in [2.24, 2.45) is 11.1 Å². The molecule has 2 nitrogen and oxygen atoms in total. The van der Waals surface area contributed by atoms with Crippen LogP contribution in [0, 0.1) is 5.41 Å². The van der Waals surface area contributed by atoms with E-state index in [0.29, 0.717) is 17.5 Å². The van der Waals surface area contributed by atoms with Gasteiger partial charge in [0.1, 0.15) is 0 Å². The fraction of sp³-hybridized carbons (Fsp3) is 0.667. The zero-order valence-electron chi connectivity index (χ0n) is 13.3. The molecule has 1 aliphatic rings. The van der Waals surface area contributed by atoms with E-state index in [0.717, 1.165) is 6.54 Å². The maximum Gasteiger partial charge on any atom is 0.0255 e. The van der Waals surface area contributed by atoms with Gasteiger partial charge in [0.25, 0.3) is 0 Å². The van der Waals surface area contributed by atoms with Gasteiger partial charge < -0.3 is 5.73 Å². The van der Waals surface area contributed by atoms with Gasteiger partial charge in [-0.3, -0.25) is 4.90 Å². The molecule has 1 aliphatic heterocycles. The van der Waals surface area contributed by atoms with Crippen molar-refractivity contribution >= 4 is 0 Å². The summed E-state index contributed by atoms with van der Waals surface area (Å²) < 4.78 is 0. The molecular formula is C18H30N2. The predicted molar refractivity (Wildman–Crippen MR) is 86.5 cm³/mol. The lowest BCUT2D eigenvalue weighted by atomic mass is 9.84. The number of nitrogens with zero attached hydrogens (tertiary/aromatic N) is 1. The highest BCUT2D eigenvalue weighted by atomic mass is 15.2. The zero-order chi connectivity index (χ0) is 14.6. The molecule has 20 heavy (non-hydrogen) atoms. The first-order chi connectivity index (χ1) is 9.46. The summed E-state index contributed by atoms with van der Waals surface area (Å²) in [6.45, 7) is 9.19. The van der Waals surface area contributed by atoms with Crippen LogP contribution in [0.4, 0.5) is 0 Å². The molecular weight excluding hydrogens is 244 g/mol. The maximum atomic E-state index is 6.49. The lowest BCUT2D eigenvalue weighted by molar-refractivity contribution is 0.129. The fourth-order valence-electron chi connectivity index (χ4n) is 3.25. The Morgan fingerprint density at radius 2 is 1.85 bits per heavy atom. The van der Waals surface area contributed by atoms with Crippen LogP contribution in [-0.2, 0) is 6.54 Å². The van der Waals surface area contributed by atoms with Crippen LogP contribution in [0.2, 0.25) is 0 Å². The van der Waals surface area contributed by atoms with Crippen molar-refractivity contribution in [3.05, 3.63) is 35.9 Å². The molecule has 2 rings (SSSR count). The molecule has 0 radical (unpaired) electrons. The van der Waals surface area contributed by atoms with Gasteiger partial charge in [0.2, 0.25) is 0 Å². The Morgan fingerprint density at radius 1 is 1.15 bits per heavy atom. The van der Waals surface area contributed by atoms with Crippen molar-refractivity contribution in [1.82, 2.24) is 4.90 Å². The number of hydrogen-bond acceptors (Lipinski definition) is 2. The van der Waals surface area contributed by atoms with E-state index in [1.54, 1.807) is 0 Å². The molecule has 0 aromatic heterocycles. The van der Waals surface area contributed by atoms with Gasteiger partial charge >= 0.3 is 0 Å². The molecule has 1 saturated heterocycles. The van der Waals surface area contributed by atoms with E-state index < -0.39 is 0 Å². The average molecular weight is 274 g/mol. The summed E-state index contributed by atoms with van der Waals surface area (Å²) in [5.41, 5.74) is 8.23. The highest BCUT2D eigenvalue weighted by molar-refractivity contribution is 5.14. The highest BCUT2D eigenvalue weighted by Gasteiger charge is 2.30. The van der Waals surface area contributed by atoms with E-state index in [-0.39, 0.29) is 0 Å². The van der Waals surface area contributed by atoms with Gasteiger partial charge in [-0.05, 0) is 36.8 Å². The Hall–Kier alpha value is -0.860. The van der Waals surface area contributed by atoms with Gasteiger partial charge in [0.15, 0.2) is 0 Å². The molecule has 1 fully saturated rings. The smallest absolute Gasteiger partial charge is 0.0255 e. The molecule has 1 aromatic rings. The Morgan fingerprint density at radius 3 is 2.50 bits per heavy atom. The quantitative estimate of drug-likeness (QED) is 0.908. The van der Waals surface area contributed by atoms with Crippen LogP contribution in [0.15, 0.2) is 30.3 Å². The Labute approximate surface area is 124 Å². The van der Waals surface area contributed by atoms with Crippen LogP contribution in [0.1, 0.15) is 52.0 Å². The van der Waals surface area contributed by atoms with Crippen molar-refractivity contribution < 1.29 is 0 Å². The monoisotopic (exact) mass is 274 g/mol. The SMILES string of the molecule is CC(C)(C)CC1C(N)CCCCN1Cc1ccccc1. The lowest BCUT2D eigenvalue weighted by Gasteiger charge is -2.37. The van der Waals surface area contributed by atoms with Crippen LogP contribution >= 0.6 is 0 Å². The van der Waals surface area contributed by atoms with Gasteiger partial charge in [-0.1, -0.05) is 57.5 Å². The predicted octanol–water partition coefficient (Wildman–Crippen LogP) is 3.80. The molecule has 2 N–H and O–H groups in total. The third-order valence-corrected chi connectivity index (χ3v) is 4.25. The first kappa shape index (κ1) is 15.5. The van der Waals surface area contributed by atoms with Gasteiger partial charge in [0.05, 0.1) is 0 Å². The fourth-order valence-corrected chi connectivity index (χ4v) is 3.25. The minimum Gasteiger partial charge on any atom is -0.326 e. The molecule has 2 unspecified atom stereocenters. The molecule has 0 saturated carbocycles. The number of benzene rings is 1. The molecule has 0 spiro atoms. The van der Waals surface area contributed by atoms with Gasteiger partial charge in [-0.15, -0.1) is 0 Å².